The first-order valence-corrected chi connectivity index (χ1v) is 6.52. The van der Waals surface area contributed by atoms with Crippen LogP contribution in [0.5, 0.6) is 0 Å². The molecule has 0 saturated heterocycles. The number of hydrogen-bond acceptors (Lipinski definition) is 2. The maximum atomic E-state index is 11.4. The van der Waals surface area contributed by atoms with Gasteiger partial charge in [0.1, 0.15) is 0 Å². The monoisotopic (exact) mass is 279 g/mol. The van der Waals surface area contributed by atoms with Crippen molar-refractivity contribution >= 4 is 16.7 Å². The molecule has 3 aromatic rings. The van der Waals surface area contributed by atoms with Crippen molar-refractivity contribution in [1.29, 1.82) is 0 Å². The van der Waals surface area contributed by atoms with Gasteiger partial charge < -0.3 is 10.1 Å². The Balaban J connectivity index is 2.39. The second-order valence-electron chi connectivity index (χ2n) is 4.91. The third kappa shape index (κ3) is 2.21. The highest BCUT2D eigenvalue weighted by molar-refractivity contribution is 6.04. The molecule has 4 heteroatoms. The van der Waals surface area contributed by atoms with Crippen molar-refractivity contribution in [2.24, 2.45) is 0 Å². The fourth-order valence-electron chi connectivity index (χ4n) is 2.56. The minimum Gasteiger partial charge on any atom is -0.478 e. The van der Waals surface area contributed by atoms with Gasteiger partial charge in [0.15, 0.2) is 0 Å². The molecule has 1 aromatic heterocycles. The molecule has 0 bridgehead atoms. The first-order chi connectivity index (χ1) is 10.1. The first kappa shape index (κ1) is 13.1. The van der Waals surface area contributed by atoms with Gasteiger partial charge in [-0.2, -0.15) is 0 Å². The SMILES string of the molecule is Cc1ccc(-c2c[nH]c(=O)cc2C(=O)O)c2ccccc12. The van der Waals surface area contributed by atoms with Crippen molar-refractivity contribution in [3.63, 3.8) is 0 Å². The molecule has 0 aliphatic carbocycles. The number of hydrogen-bond donors (Lipinski definition) is 2. The van der Waals surface area contributed by atoms with Crippen molar-refractivity contribution in [3.8, 4) is 11.1 Å². The lowest BCUT2D eigenvalue weighted by molar-refractivity contribution is 0.0697. The molecular weight excluding hydrogens is 266 g/mol. The van der Waals surface area contributed by atoms with Gasteiger partial charge in [-0.1, -0.05) is 36.4 Å². The lowest BCUT2D eigenvalue weighted by atomic mass is 9.94. The van der Waals surface area contributed by atoms with Crippen LogP contribution >= 0.6 is 0 Å². The van der Waals surface area contributed by atoms with Crippen LogP contribution in [-0.4, -0.2) is 16.1 Å². The van der Waals surface area contributed by atoms with Crippen LogP contribution in [0, 0.1) is 6.92 Å². The molecule has 0 spiro atoms. The number of aromatic nitrogens is 1. The third-order valence-electron chi connectivity index (χ3n) is 3.59. The topological polar surface area (TPSA) is 70.2 Å². The van der Waals surface area contributed by atoms with Gasteiger partial charge >= 0.3 is 5.97 Å². The van der Waals surface area contributed by atoms with E-state index in [1.165, 1.54) is 6.20 Å². The summed E-state index contributed by atoms with van der Waals surface area (Å²) >= 11 is 0. The summed E-state index contributed by atoms with van der Waals surface area (Å²) in [6, 6.07) is 12.8. The average molecular weight is 279 g/mol. The molecule has 21 heavy (non-hydrogen) atoms. The zero-order valence-electron chi connectivity index (χ0n) is 11.4. The van der Waals surface area contributed by atoms with E-state index in [0.29, 0.717) is 5.56 Å². The Labute approximate surface area is 120 Å². The number of aryl methyl sites for hydroxylation is 1. The molecule has 0 radical (unpaired) electrons. The molecule has 0 aliphatic heterocycles. The summed E-state index contributed by atoms with van der Waals surface area (Å²) < 4.78 is 0. The van der Waals surface area contributed by atoms with E-state index in [1.54, 1.807) is 0 Å². The first-order valence-electron chi connectivity index (χ1n) is 6.52. The lowest BCUT2D eigenvalue weighted by Crippen LogP contribution is -2.10. The van der Waals surface area contributed by atoms with Crippen molar-refractivity contribution in [2.45, 2.75) is 6.92 Å². The number of carboxylic acid groups (broad SMARTS) is 1. The third-order valence-corrected chi connectivity index (χ3v) is 3.59. The molecular formula is C17H13NO3. The number of fused-ring (bicyclic) bond motifs is 1. The van der Waals surface area contributed by atoms with E-state index in [4.69, 9.17) is 0 Å². The molecule has 0 amide bonds. The Morgan fingerprint density at radius 3 is 2.48 bits per heavy atom. The van der Waals surface area contributed by atoms with Gasteiger partial charge in [0.2, 0.25) is 5.56 Å². The van der Waals surface area contributed by atoms with Gasteiger partial charge in [-0.05, 0) is 28.8 Å². The zero-order valence-corrected chi connectivity index (χ0v) is 11.4. The van der Waals surface area contributed by atoms with Gasteiger partial charge in [0.05, 0.1) is 5.56 Å². The van der Waals surface area contributed by atoms with Crippen LogP contribution in [0.3, 0.4) is 0 Å². The standard InChI is InChI=1S/C17H13NO3/c1-10-6-7-13(12-5-3-2-4-11(10)12)15-9-18-16(19)8-14(15)17(20)21/h2-9H,1H3,(H,18,19)(H,20,21). The van der Waals surface area contributed by atoms with E-state index < -0.39 is 11.5 Å². The van der Waals surface area contributed by atoms with Crippen molar-refractivity contribution < 1.29 is 9.90 Å². The smallest absolute Gasteiger partial charge is 0.336 e. The van der Waals surface area contributed by atoms with Gasteiger partial charge in [0.25, 0.3) is 0 Å². The number of carboxylic acids is 1. The number of rotatable bonds is 2. The summed E-state index contributed by atoms with van der Waals surface area (Å²) in [5.41, 5.74) is 2.01. The van der Waals surface area contributed by atoms with E-state index in [0.717, 1.165) is 28.0 Å². The van der Waals surface area contributed by atoms with E-state index in [2.05, 4.69) is 4.98 Å². The maximum absolute atomic E-state index is 11.4. The van der Waals surface area contributed by atoms with Crippen LogP contribution in [0.4, 0.5) is 0 Å². The summed E-state index contributed by atoms with van der Waals surface area (Å²) in [6.45, 7) is 2.01. The number of benzene rings is 2. The van der Waals surface area contributed by atoms with Crippen LogP contribution in [-0.2, 0) is 0 Å². The number of H-pyrrole nitrogens is 1. The highest BCUT2D eigenvalue weighted by atomic mass is 16.4. The lowest BCUT2D eigenvalue weighted by Gasteiger charge is -2.11. The van der Waals surface area contributed by atoms with Gasteiger partial charge in [-0.15, -0.1) is 0 Å². The summed E-state index contributed by atoms with van der Waals surface area (Å²) in [7, 11) is 0. The number of nitrogens with one attached hydrogen (secondary N) is 1. The summed E-state index contributed by atoms with van der Waals surface area (Å²) in [5.74, 6) is -1.11. The fraction of sp³-hybridized carbons (Fsp3) is 0.0588. The van der Waals surface area contributed by atoms with Crippen LogP contribution in [0.1, 0.15) is 15.9 Å². The van der Waals surface area contributed by atoms with Crippen molar-refractivity contribution in [3.05, 3.63) is 70.1 Å². The Kier molecular flexibility index (Phi) is 3.06. The van der Waals surface area contributed by atoms with E-state index in [1.807, 2.05) is 43.3 Å². The normalized spacial score (nSPS) is 10.7. The molecule has 0 unspecified atom stereocenters. The quantitative estimate of drug-likeness (QED) is 0.756. The number of aromatic amines is 1. The summed E-state index contributed by atoms with van der Waals surface area (Å²) in [5, 5.41) is 11.4. The van der Waals surface area contributed by atoms with Crippen LogP contribution in [0.15, 0.2) is 53.5 Å². The highest BCUT2D eigenvalue weighted by Gasteiger charge is 2.15. The predicted molar refractivity (Wildman–Crippen MR) is 81.7 cm³/mol. The molecule has 1 heterocycles. The zero-order chi connectivity index (χ0) is 15.0. The second kappa shape index (κ2) is 4.90. The van der Waals surface area contributed by atoms with E-state index >= 15 is 0 Å². The molecule has 0 saturated carbocycles. The van der Waals surface area contributed by atoms with Gasteiger partial charge in [-0.25, -0.2) is 4.79 Å². The molecule has 4 nitrogen and oxygen atoms in total. The van der Waals surface area contributed by atoms with Crippen molar-refractivity contribution in [2.75, 3.05) is 0 Å². The molecule has 2 aromatic carbocycles. The van der Waals surface area contributed by atoms with Crippen molar-refractivity contribution in [1.82, 2.24) is 4.98 Å². The number of aromatic carboxylic acids is 1. The van der Waals surface area contributed by atoms with Gasteiger partial charge in [0, 0.05) is 17.8 Å². The fourth-order valence-corrected chi connectivity index (χ4v) is 2.56. The van der Waals surface area contributed by atoms with Crippen LogP contribution in [0.25, 0.3) is 21.9 Å². The largest absolute Gasteiger partial charge is 0.478 e. The number of pyridine rings is 1. The predicted octanol–water partition coefficient (Wildman–Crippen LogP) is 3.20. The molecule has 0 fully saturated rings. The Hall–Kier alpha value is -2.88. The molecule has 0 aliphatic rings. The summed E-state index contributed by atoms with van der Waals surface area (Å²) in [6.07, 6.45) is 1.46. The second-order valence-corrected chi connectivity index (χ2v) is 4.91. The highest BCUT2D eigenvalue weighted by Crippen LogP contribution is 2.31. The number of carbonyl (C=O) groups is 1. The van der Waals surface area contributed by atoms with Crippen LogP contribution < -0.4 is 5.56 Å². The van der Waals surface area contributed by atoms with Crippen LogP contribution in [0.2, 0.25) is 0 Å². The van der Waals surface area contributed by atoms with E-state index in [9.17, 15) is 14.7 Å². The molecule has 104 valence electrons. The average Bonchev–Trinajstić information content (AvgIpc) is 2.48. The minimum absolute atomic E-state index is 0.00718. The minimum atomic E-state index is -1.11. The molecule has 0 atom stereocenters. The Morgan fingerprint density at radius 2 is 1.76 bits per heavy atom. The molecule has 3 rings (SSSR count). The summed E-state index contributed by atoms with van der Waals surface area (Å²) in [4.78, 5) is 25.3. The van der Waals surface area contributed by atoms with E-state index in [-0.39, 0.29) is 5.56 Å². The Morgan fingerprint density at radius 1 is 1.05 bits per heavy atom. The van der Waals surface area contributed by atoms with Gasteiger partial charge in [-0.3, -0.25) is 4.79 Å². The maximum Gasteiger partial charge on any atom is 0.336 e. The molecule has 2 N–H and O–H groups in total. The Bertz CT molecular complexity index is 909.